The van der Waals surface area contributed by atoms with Crippen LogP contribution in [0, 0.1) is 0 Å². The van der Waals surface area contributed by atoms with Crippen LogP contribution in [0.2, 0.25) is 0 Å². The molecule has 0 saturated heterocycles. The van der Waals surface area contributed by atoms with E-state index < -0.39 is 52.7 Å². The number of rotatable bonds is 6. The van der Waals surface area contributed by atoms with Gasteiger partial charge in [-0.15, -0.1) is 0 Å². The minimum Gasteiger partial charge on any atom is -0.363 e. The van der Waals surface area contributed by atoms with Gasteiger partial charge < -0.3 is 11.1 Å². The van der Waals surface area contributed by atoms with Crippen molar-refractivity contribution in [3.05, 3.63) is 70.8 Å². The van der Waals surface area contributed by atoms with Crippen molar-refractivity contribution in [2.45, 2.75) is 24.8 Å². The first kappa shape index (κ1) is 22.9. The summed E-state index contributed by atoms with van der Waals surface area (Å²) in [7, 11) is 0. The van der Waals surface area contributed by atoms with Crippen molar-refractivity contribution in [2.75, 3.05) is 0 Å². The van der Waals surface area contributed by atoms with Crippen LogP contribution in [-0.4, -0.2) is 23.6 Å². The minimum absolute atomic E-state index is 0.312. The highest BCUT2D eigenvalue weighted by molar-refractivity contribution is 6.38. The molecule has 160 valence electrons. The van der Waals surface area contributed by atoms with Crippen LogP contribution in [0.1, 0.15) is 27.0 Å². The first-order valence-corrected chi connectivity index (χ1v) is 8.28. The molecule has 0 aromatic heterocycles. The SMILES string of the molecule is NC(=O)C(=O)[C@H](Cc1ccccc1)NC(=O)c1c(C(F)(F)F)cccc1C(F)(F)F. The second kappa shape index (κ2) is 8.56. The summed E-state index contributed by atoms with van der Waals surface area (Å²) in [5.74, 6) is -4.69. The summed E-state index contributed by atoms with van der Waals surface area (Å²) < 4.78 is 79.6. The van der Waals surface area contributed by atoms with Gasteiger partial charge in [0.05, 0.1) is 16.7 Å². The fraction of sp³-hybridized carbons (Fsp3) is 0.211. The zero-order chi connectivity index (χ0) is 22.7. The number of halogens is 6. The molecule has 0 aliphatic rings. The van der Waals surface area contributed by atoms with Gasteiger partial charge in [-0.3, -0.25) is 14.4 Å². The van der Waals surface area contributed by atoms with Crippen LogP contribution in [-0.2, 0) is 28.4 Å². The van der Waals surface area contributed by atoms with E-state index in [4.69, 9.17) is 5.73 Å². The Morgan fingerprint density at radius 1 is 0.833 bits per heavy atom. The Labute approximate surface area is 165 Å². The molecule has 0 radical (unpaired) electrons. The Balaban J connectivity index is 2.51. The predicted molar refractivity (Wildman–Crippen MR) is 92.0 cm³/mol. The number of nitrogens with two attached hydrogens (primary N) is 1. The fourth-order valence-corrected chi connectivity index (χ4v) is 2.73. The van der Waals surface area contributed by atoms with Gasteiger partial charge in [-0.05, 0) is 17.7 Å². The van der Waals surface area contributed by atoms with Crippen LogP contribution in [0.15, 0.2) is 48.5 Å². The molecule has 2 rings (SSSR count). The molecule has 2 aromatic carbocycles. The lowest BCUT2D eigenvalue weighted by atomic mass is 9.97. The highest BCUT2D eigenvalue weighted by atomic mass is 19.4. The van der Waals surface area contributed by atoms with Crippen molar-refractivity contribution in [1.82, 2.24) is 5.32 Å². The number of amides is 2. The standard InChI is InChI=1S/C19H14F6N2O3/c20-18(21,22)11-7-4-8-12(19(23,24)25)14(11)17(30)27-13(15(28)16(26)29)9-10-5-2-1-3-6-10/h1-8,13H,9H2,(H2,26,29)(H,27,30)/t13-/m0/s1. The maximum Gasteiger partial charge on any atom is 0.417 e. The Hall–Kier alpha value is -3.37. The molecular weight excluding hydrogens is 418 g/mol. The van der Waals surface area contributed by atoms with Gasteiger partial charge in [0.25, 0.3) is 11.8 Å². The van der Waals surface area contributed by atoms with E-state index in [0.717, 1.165) is 0 Å². The van der Waals surface area contributed by atoms with Crippen molar-refractivity contribution < 1.29 is 40.7 Å². The number of primary amides is 1. The molecule has 0 saturated carbocycles. The van der Waals surface area contributed by atoms with E-state index in [1.165, 1.54) is 12.1 Å². The maximum absolute atomic E-state index is 13.3. The lowest BCUT2D eigenvalue weighted by Gasteiger charge is -2.21. The molecule has 0 spiro atoms. The second-order valence-corrected chi connectivity index (χ2v) is 6.17. The van der Waals surface area contributed by atoms with E-state index in [0.29, 0.717) is 23.8 Å². The molecule has 2 aromatic rings. The molecular formula is C19H14F6N2O3. The van der Waals surface area contributed by atoms with Crippen LogP contribution in [0.4, 0.5) is 26.3 Å². The fourth-order valence-electron chi connectivity index (χ4n) is 2.73. The quantitative estimate of drug-likeness (QED) is 0.543. The number of hydrogen-bond donors (Lipinski definition) is 2. The number of alkyl halides is 6. The summed E-state index contributed by atoms with van der Waals surface area (Å²) in [5.41, 5.74) is -0.0780. The van der Waals surface area contributed by atoms with Gasteiger partial charge in [-0.25, -0.2) is 0 Å². The van der Waals surface area contributed by atoms with E-state index in [2.05, 4.69) is 0 Å². The first-order valence-electron chi connectivity index (χ1n) is 8.28. The highest BCUT2D eigenvalue weighted by Crippen LogP contribution is 2.39. The number of carbonyl (C=O) groups is 3. The molecule has 11 heteroatoms. The molecule has 0 unspecified atom stereocenters. The van der Waals surface area contributed by atoms with Gasteiger partial charge in [-0.1, -0.05) is 36.4 Å². The van der Waals surface area contributed by atoms with Gasteiger partial charge in [-0.2, -0.15) is 26.3 Å². The molecule has 3 N–H and O–H groups in total. The van der Waals surface area contributed by atoms with E-state index in [1.807, 2.05) is 0 Å². The average molecular weight is 432 g/mol. The van der Waals surface area contributed by atoms with Crippen molar-refractivity contribution in [3.63, 3.8) is 0 Å². The monoisotopic (exact) mass is 432 g/mol. The number of ketones is 1. The number of hydrogen-bond acceptors (Lipinski definition) is 3. The minimum atomic E-state index is -5.28. The number of carbonyl (C=O) groups excluding carboxylic acids is 3. The van der Waals surface area contributed by atoms with Crippen molar-refractivity contribution >= 4 is 17.6 Å². The number of nitrogens with one attached hydrogen (secondary N) is 1. The smallest absolute Gasteiger partial charge is 0.363 e. The molecule has 2 amide bonds. The zero-order valence-corrected chi connectivity index (χ0v) is 15.0. The summed E-state index contributed by atoms with van der Waals surface area (Å²) in [4.78, 5) is 35.8. The van der Waals surface area contributed by atoms with Crippen LogP contribution in [0.25, 0.3) is 0 Å². The predicted octanol–water partition coefficient (Wildman–Crippen LogP) is 3.12. The lowest BCUT2D eigenvalue weighted by Crippen LogP contribution is -2.48. The summed E-state index contributed by atoms with van der Waals surface area (Å²) >= 11 is 0. The van der Waals surface area contributed by atoms with E-state index in [9.17, 15) is 40.7 Å². The Morgan fingerprint density at radius 3 is 1.77 bits per heavy atom. The van der Waals surface area contributed by atoms with E-state index in [-0.39, 0.29) is 6.42 Å². The van der Waals surface area contributed by atoms with Crippen LogP contribution >= 0.6 is 0 Å². The summed E-state index contributed by atoms with van der Waals surface area (Å²) in [5, 5.41) is 1.80. The normalized spacial score (nSPS) is 12.9. The van der Waals surface area contributed by atoms with Crippen LogP contribution < -0.4 is 11.1 Å². The summed E-state index contributed by atoms with van der Waals surface area (Å²) in [6.07, 6.45) is -10.9. The van der Waals surface area contributed by atoms with Crippen LogP contribution in [0.5, 0.6) is 0 Å². The van der Waals surface area contributed by atoms with Crippen molar-refractivity contribution in [2.24, 2.45) is 5.73 Å². The number of Topliss-reactive ketones (excluding diaryl/α,β-unsaturated/α-hetero) is 1. The third-order valence-electron chi connectivity index (χ3n) is 4.05. The van der Waals surface area contributed by atoms with E-state index >= 15 is 0 Å². The van der Waals surface area contributed by atoms with Gasteiger partial charge >= 0.3 is 12.4 Å². The topological polar surface area (TPSA) is 89.3 Å². The Bertz CT molecular complexity index is 923. The van der Waals surface area contributed by atoms with Crippen molar-refractivity contribution in [1.29, 1.82) is 0 Å². The second-order valence-electron chi connectivity index (χ2n) is 6.17. The van der Waals surface area contributed by atoms with E-state index in [1.54, 1.807) is 23.5 Å². The molecule has 0 aliphatic carbocycles. The highest BCUT2D eigenvalue weighted by Gasteiger charge is 2.43. The third kappa shape index (κ3) is 5.37. The molecule has 30 heavy (non-hydrogen) atoms. The maximum atomic E-state index is 13.3. The van der Waals surface area contributed by atoms with Gasteiger partial charge in [0, 0.05) is 6.42 Å². The molecule has 1 atom stereocenters. The summed E-state index contributed by atoms with van der Waals surface area (Å²) in [6, 6.07) is 7.04. The zero-order valence-electron chi connectivity index (χ0n) is 15.0. The van der Waals surface area contributed by atoms with Gasteiger partial charge in [0.15, 0.2) is 0 Å². The Kier molecular flexibility index (Phi) is 6.53. The van der Waals surface area contributed by atoms with Crippen molar-refractivity contribution in [3.8, 4) is 0 Å². The first-order chi connectivity index (χ1) is 13.8. The molecule has 5 nitrogen and oxygen atoms in total. The molecule has 0 bridgehead atoms. The van der Waals surface area contributed by atoms with Gasteiger partial charge in [0.1, 0.15) is 6.04 Å². The largest absolute Gasteiger partial charge is 0.417 e. The molecule has 0 heterocycles. The average Bonchev–Trinajstić information content (AvgIpc) is 2.65. The third-order valence-corrected chi connectivity index (χ3v) is 4.05. The number of benzene rings is 2. The summed E-state index contributed by atoms with van der Waals surface area (Å²) in [6.45, 7) is 0. The Morgan fingerprint density at radius 2 is 1.33 bits per heavy atom. The van der Waals surface area contributed by atoms with Gasteiger partial charge in [0.2, 0.25) is 5.78 Å². The molecule has 0 aliphatic heterocycles. The van der Waals surface area contributed by atoms with Crippen LogP contribution in [0.3, 0.4) is 0 Å². The molecule has 0 fully saturated rings. The lowest BCUT2D eigenvalue weighted by molar-refractivity contribution is -0.143.